The number of nitrogens with zero attached hydrogens (tertiary/aromatic N) is 1. The predicted octanol–water partition coefficient (Wildman–Crippen LogP) is 0.173. The highest BCUT2D eigenvalue weighted by molar-refractivity contribution is 7.80. The number of nitrogens with two attached hydrogens (primary N) is 1. The van der Waals surface area contributed by atoms with Gasteiger partial charge < -0.3 is 10.6 Å². The molecule has 1 saturated carbocycles. The van der Waals surface area contributed by atoms with Crippen molar-refractivity contribution in [1.82, 2.24) is 4.90 Å². The fourth-order valence-corrected chi connectivity index (χ4v) is 2.40. The second kappa shape index (κ2) is 3.70. The van der Waals surface area contributed by atoms with Gasteiger partial charge in [0.2, 0.25) is 11.8 Å². The summed E-state index contributed by atoms with van der Waals surface area (Å²) in [4.78, 5) is 24.4. The molecule has 2 N–H and O–H groups in total. The quantitative estimate of drug-likeness (QED) is 0.674. The predicted molar refractivity (Wildman–Crippen MR) is 59.4 cm³/mol. The minimum absolute atomic E-state index is 0.0663. The van der Waals surface area contributed by atoms with Crippen LogP contribution >= 0.6 is 12.6 Å². The number of carbonyl (C=O) groups is 2. The number of hydrogen-bond donors (Lipinski definition) is 2. The first-order valence-electron chi connectivity index (χ1n) is 5.28. The van der Waals surface area contributed by atoms with Crippen LogP contribution in [-0.2, 0) is 9.59 Å². The lowest BCUT2D eigenvalue weighted by Gasteiger charge is -2.39. The molecule has 0 aromatic rings. The van der Waals surface area contributed by atoms with Gasteiger partial charge in [0.1, 0.15) is 6.04 Å². The summed E-state index contributed by atoms with van der Waals surface area (Å²) < 4.78 is 0. The summed E-state index contributed by atoms with van der Waals surface area (Å²) in [6, 6.07) is -0.354. The van der Waals surface area contributed by atoms with E-state index in [1.165, 1.54) is 0 Å². The fraction of sp³-hybridized carbons (Fsp3) is 0.800. The Morgan fingerprint density at radius 1 is 1.47 bits per heavy atom. The van der Waals surface area contributed by atoms with Crippen LogP contribution in [0.5, 0.6) is 0 Å². The van der Waals surface area contributed by atoms with Crippen LogP contribution in [0.4, 0.5) is 0 Å². The Labute approximate surface area is 94.6 Å². The number of rotatable bonds is 4. The van der Waals surface area contributed by atoms with Gasteiger partial charge in [-0.15, -0.1) is 0 Å². The van der Waals surface area contributed by atoms with Gasteiger partial charge in [-0.1, -0.05) is 0 Å². The SMILES string of the molecule is NC(=O)C1CCN1C(=O)CC1(CS)CC1. The van der Waals surface area contributed by atoms with Crippen molar-refractivity contribution in [3.05, 3.63) is 0 Å². The molecule has 0 aromatic heterocycles. The monoisotopic (exact) mass is 228 g/mol. The fourth-order valence-electron chi connectivity index (χ4n) is 1.97. The third kappa shape index (κ3) is 1.97. The van der Waals surface area contributed by atoms with Crippen molar-refractivity contribution in [3.63, 3.8) is 0 Å². The average Bonchev–Trinajstić information content (AvgIpc) is 2.82. The molecule has 0 radical (unpaired) electrons. The minimum Gasteiger partial charge on any atom is -0.368 e. The number of hydrogen-bond acceptors (Lipinski definition) is 3. The molecule has 4 nitrogen and oxygen atoms in total. The van der Waals surface area contributed by atoms with E-state index in [0.29, 0.717) is 13.0 Å². The average molecular weight is 228 g/mol. The van der Waals surface area contributed by atoms with Crippen LogP contribution in [0.15, 0.2) is 0 Å². The summed E-state index contributed by atoms with van der Waals surface area (Å²) >= 11 is 4.25. The Balaban J connectivity index is 1.89. The standard InChI is InChI=1S/C10H16N2O2S/c11-9(14)7-1-4-12(7)8(13)5-10(6-15)2-3-10/h7,15H,1-6H2,(H2,11,14). The van der Waals surface area contributed by atoms with Crippen molar-refractivity contribution in [3.8, 4) is 0 Å². The molecule has 15 heavy (non-hydrogen) atoms. The van der Waals surface area contributed by atoms with Gasteiger partial charge in [-0.25, -0.2) is 0 Å². The zero-order chi connectivity index (χ0) is 11.1. The number of thiol groups is 1. The van der Waals surface area contributed by atoms with Gasteiger partial charge in [-0.3, -0.25) is 9.59 Å². The lowest BCUT2D eigenvalue weighted by molar-refractivity contribution is -0.146. The lowest BCUT2D eigenvalue weighted by atomic mass is 9.98. The highest BCUT2D eigenvalue weighted by Crippen LogP contribution is 2.50. The third-order valence-electron chi connectivity index (χ3n) is 3.49. The van der Waals surface area contributed by atoms with Gasteiger partial charge >= 0.3 is 0 Å². The molecule has 1 unspecified atom stereocenters. The van der Waals surface area contributed by atoms with Crippen LogP contribution in [0, 0.1) is 5.41 Å². The molecule has 5 heteroatoms. The lowest BCUT2D eigenvalue weighted by Crippen LogP contribution is -2.57. The second-order valence-corrected chi connectivity index (χ2v) is 4.95. The van der Waals surface area contributed by atoms with E-state index in [4.69, 9.17) is 5.73 Å². The van der Waals surface area contributed by atoms with Crippen molar-refractivity contribution in [1.29, 1.82) is 0 Å². The summed E-state index contributed by atoms with van der Waals surface area (Å²) in [5.74, 6) is 0.440. The minimum atomic E-state index is -0.384. The first-order valence-corrected chi connectivity index (χ1v) is 5.91. The van der Waals surface area contributed by atoms with E-state index < -0.39 is 0 Å². The highest BCUT2D eigenvalue weighted by atomic mass is 32.1. The largest absolute Gasteiger partial charge is 0.368 e. The molecule has 84 valence electrons. The van der Waals surface area contributed by atoms with Gasteiger partial charge in [-0.05, 0) is 30.4 Å². The molecule has 2 fully saturated rings. The number of primary amides is 1. The zero-order valence-corrected chi connectivity index (χ0v) is 9.50. The topological polar surface area (TPSA) is 63.4 Å². The van der Waals surface area contributed by atoms with Crippen molar-refractivity contribution in [2.75, 3.05) is 12.3 Å². The van der Waals surface area contributed by atoms with Crippen LogP contribution in [0.1, 0.15) is 25.7 Å². The van der Waals surface area contributed by atoms with Gasteiger partial charge in [0.15, 0.2) is 0 Å². The molecule has 1 aliphatic carbocycles. The van der Waals surface area contributed by atoms with Gasteiger partial charge in [0.05, 0.1) is 0 Å². The summed E-state index contributed by atoms with van der Waals surface area (Å²) in [6.07, 6.45) is 3.41. The number of amides is 2. The van der Waals surface area contributed by atoms with Crippen LogP contribution < -0.4 is 5.73 Å². The molecule has 1 heterocycles. The molecule has 0 bridgehead atoms. The summed E-state index contributed by atoms with van der Waals surface area (Å²) in [5.41, 5.74) is 5.31. The van der Waals surface area contributed by atoms with Crippen LogP contribution in [0.25, 0.3) is 0 Å². The summed E-state index contributed by atoms with van der Waals surface area (Å²) in [6.45, 7) is 0.676. The van der Waals surface area contributed by atoms with Crippen molar-refractivity contribution in [2.45, 2.75) is 31.7 Å². The van der Waals surface area contributed by atoms with Crippen molar-refractivity contribution in [2.24, 2.45) is 11.1 Å². The molecular weight excluding hydrogens is 212 g/mol. The molecular formula is C10H16N2O2S. The molecule has 1 atom stereocenters. The van der Waals surface area contributed by atoms with E-state index in [2.05, 4.69) is 12.6 Å². The second-order valence-electron chi connectivity index (χ2n) is 4.63. The Morgan fingerprint density at radius 3 is 2.47 bits per heavy atom. The maximum absolute atomic E-state index is 11.8. The molecule has 2 aliphatic rings. The Kier molecular flexibility index (Phi) is 2.66. The highest BCUT2D eigenvalue weighted by Gasteiger charge is 2.46. The molecule has 2 rings (SSSR count). The maximum atomic E-state index is 11.8. The molecule has 2 amide bonds. The van der Waals surface area contributed by atoms with E-state index in [1.807, 2.05) is 0 Å². The van der Waals surface area contributed by atoms with Gasteiger partial charge in [0, 0.05) is 13.0 Å². The van der Waals surface area contributed by atoms with Crippen molar-refractivity contribution < 1.29 is 9.59 Å². The smallest absolute Gasteiger partial charge is 0.240 e. The molecule has 1 aliphatic heterocycles. The Morgan fingerprint density at radius 2 is 2.13 bits per heavy atom. The van der Waals surface area contributed by atoms with E-state index in [-0.39, 0.29) is 23.3 Å². The van der Waals surface area contributed by atoms with Gasteiger partial charge in [0.25, 0.3) is 0 Å². The normalized spacial score (nSPS) is 27.0. The Hall–Kier alpha value is -0.710. The van der Waals surface area contributed by atoms with Crippen molar-refractivity contribution >= 4 is 24.4 Å². The molecule has 0 spiro atoms. The number of carbonyl (C=O) groups excluding carboxylic acids is 2. The summed E-state index contributed by atoms with van der Waals surface area (Å²) in [5, 5.41) is 0. The van der Waals surface area contributed by atoms with E-state index in [0.717, 1.165) is 25.0 Å². The van der Waals surface area contributed by atoms with Crippen LogP contribution in [0.2, 0.25) is 0 Å². The third-order valence-corrected chi connectivity index (χ3v) is 4.16. The molecule has 1 saturated heterocycles. The first kappa shape index (κ1) is 10.8. The van der Waals surface area contributed by atoms with E-state index in [9.17, 15) is 9.59 Å². The van der Waals surface area contributed by atoms with Gasteiger partial charge in [-0.2, -0.15) is 12.6 Å². The zero-order valence-electron chi connectivity index (χ0n) is 8.61. The molecule has 0 aromatic carbocycles. The van der Waals surface area contributed by atoms with Crippen LogP contribution in [-0.4, -0.2) is 35.1 Å². The van der Waals surface area contributed by atoms with E-state index in [1.54, 1.807) is 4.90 Å². The maximum Gasteiger partial charge on any atom is 0.240 e. The first-order chi connectivity index (χ1) is 7.08. The summed E-state index contributed by atoms with van der Waals surface area (Å²) in [7, 11) is 0. The van der Waals surface area contributed by atoms with E-state index >= 15 is 0 Å². The Bertz CT molecular complexity index is 302. The van der Waals surface area contributed by atoms with Crippen LogP contribution in [0.3, 0.4) is 0 Å². The number of likely N-dealkylation sites (tertiary alicyclic amines) is 1.